The monoisotopic (exact) mass is 264 g/mol. The van der Waals surface area contributed by atoms with E-state index in [2.05, 4.69) is 29.6 Å². The Hall–Kier alpha value is -1.36. The molecule has 1 unspecified atom stereocenters. The van der Waals surface area contributed by atoms with Gasteiger partial charge in [0.1, 0.15) is 0 Å². The Labute approximate surface area is 112 Å². The van der Waals surface area contributed by atoms with Crippen LogP contribution in [0.2, 0.25) is 5.02 Å². The molecule has 96 valence electrons. The van der Waals surface area contributed by atoms with Gasteiger partial charge < -0.3 is 0 Å². The summed E-state index contributed by atoms with van der Waals surface area (Å²) in [5, 5.41) is 4.77. The molecule has 0 aliphatic carbocycles. The Kier molecular flexibility index (Phi) is 4.01. The van der Waals surface area contributed by atoms with Gasteiger partial charge in [-0.25, -0.2) is 0 Å². The Bertz CT molecular complexity index is 516. The van der Waals surface area contributed by atoms with Gasteiger partial charge in [0, 0.05) is 7.05 Å². The summed E-state index contributed by atoms with van der Waals surface area (Å²) < 4.78 is 1.76. The summed E-state index contributed by atoms with van der Waals surface area (Å²) in [7, 11) is 1.86. The summed E-state index contributed by atoms with van der Waals surface area (Å²) in [5.41, 5.74) is 6.22. The second-order valence-corrected chi connectivity index (χ2v) is 4.76. The van der Waals surface area contributed by atoms with Gasteiger partial charge >= 0.3 is 0 Å². The zero-order valence-corrected chi connectivity index (χ0v) is 11.3. The number of aromatic nitrogens is 2. The maximum absolute atomic E-state index is 6.15. The van der Waals surface area contributed by atoms with Crippen molar-refractivity contribution >= 4 is 11.6 Å². The third-order valence-corrected chi connectivity index (χ3v) is 3.45. The molecule has 0 saturated carbocycles. The molecule has 4 nitrogen and oxygen atoms in total. The van der Waals surface area contributed by atoms with Crippen molar-refractivity contribution in [3.63, 3.8) is 0 Å². The van der Waals surface area contributed by atoms with E-state index in [0.29, 0.717) is 5.02 Å². The molecule has 3 N–H and O–H groups in total. The maximum atomic E-state index is 6.15. The predicted octanol–water partition coefficient (Wildman–Crippen LogP) is 2.13. The minimum absolute atomic E-state index is 0.0499. The van der Waals surface area contributed by atoms with Gasteiger partial charge in [0.2, 0.25) is 0 Å². The topological polar surface area (TPSA) is 55.9 Å². The van der Waals surface area contributed by atoms with E-state index >= 15 is 0 Å². The molecule has 0 saturated heterocycles. The summed E-state index contributed by atoms with van der Waals surface area (Å²) >= 11 is 6.15. The maximum Gasteiger partial charge on any atom is 0.0834 e. The van der Waals surface area contributed by atoms with E-state index in [4.69, 9.17) is 17.4 Å². The number of rotatable bonds is 4. The quantitative estimate of drug-likeness (QED) is 0.657. The number of halogens is 1. The standard InChI is InChI=1S/C13H17ClN4/c1-9-5-3-4-6-10(9)7-12(17-15)13-11(14)8-16-18(13)2/h3-6,8,12,17H,7,15H2,1-2H3. The Morgan fingerprint density at radius 1 is 1.44 bits per heavy atom. The Morgan fingerprint density at radius 2 is 2.17 bits per heavy atom. The molecular weight excluding hydrogens is 248 g/mol. The second kappa shape index (κ2) is 5.52. The number of nitrogens with two attached hydrogens (primary N) is 1. The molecular formula is C13H17ClN4. The number of benzene rings is 1. The van der Waals surface area contributed by atoms with E-state index in [1.165, 1.54) is 11.1 Å². The molecule has 2 aromatic rings. The number of hydrogen-bond donors (Lipinski definition) is 2. The molecule has 2 rings (SSSR count). The average molecular weight is 265 g/mol. The van der Waals surface area contributed by atoms with Gasteiger partial charge in [0.15, 0.2) is 0 Å². The fourth-order valence-electron chi connectivity index (χ4n) is 2.11. The van der Waals surface area contributed by atoms with Crippen LogP contribution in [0.25, 0.3) is 0 Å². The fourth-order valence-corrected chi connectivity index (χ4v) is 2.40. The summed E-state index contributed by atoms with van der Waals surface area (Å²) in [6.07, 6.45) is 2.42. The number of hydrogen-bond acceptors (Lipinski definition) is 3. The Morgan fingerprint density at radius 3 is 2.72 bits per heavy atom. The minimum atomic E-state index is -0.0499. The highest BCUT2D eigenvalue weighted by molar-refractivity contribution is 6.31. The summed E-state index contributed by atoms with van der Waals surface area (Å²) in [4.78, 5) is 0. The van der Waals surface area contributed by atoms with Gasteiger partial charge in [-0.05, 0) is 24.5 Å². The molecule has 0 radical (unpaired) electrons. The van der Waals surface area contributed by atoms with Crippen LogP contribution in [0.1, 0.15) is 22.9 Å². The van der Waals surface area contributed by atoms with Crippen LogP contribution in [-0.4, -0.2) is 9.78 Å². The number of nitrogens with zero attached hydrogens (tertiary/aromatic N) is 2. The van der Waals surface area contributed by atoms with E-state index in [1.807, 2.05) is 19.2 Å². The smallest absolute Gasteiger partial charge is 0.0834 e. The highest BCUT2D eigenvalue weighted by Gasteiger charge is 2.18. The molecule has 0 aliphatic rings. The summed E-state index contributed by atoms with van der Waals surface area (Å²) in [6.45, 7) is 2.09. The van der Waals surface area contributed by atoms with Crippen molar-refractivity contribution in [1.82, 2.24) is 15.2 Å². The van der Waals surface area contributed by atoms with Gasteiger partial charge in [-0.3, -0.25) is 16.0 Å². The molecule has 1 aromatic heterocycles. The molecule has 18 heavy (non-hydrogen) atoms. The van der Waals surface area contributed by atoms with Gasteiger partial charge in [-0.2, -0.15) is 5.10 Å². The highest BCUT2D eigenvalue weighted by atomic mass is 35.5. The number of nitrogens with one attached hydrogen (secondary N) is 1. The predicted molar refractivity (Wildman–Crippen MR) is 73.2 cm³/mol. The van der Waals surface area contributed by atoms with Crippen LogP contribution in [0.4, 0.5) is 0 Å². The van der Waals surface area contributed by atoms with E-state index in [-0.39, 0.29) is 6.04 Å². The molecule has 1 heterocycles. The van der Waals surface area contributed by atoms with E-state index in [0.717, 1.165) is 12.1 Å². The first kappa shape index (κ1) is 13.1. The molecule has 0 spiro atoms. The Balaban J connectivity index is 2.28. The van der Waals surface area contributed by atoms with Crippen LogP contribution < -0.4 is 11.3 Å². The molecule has 0 amide bonds. The molecule has 0 bridgehead atoms. The molecule has 5 heteroatoms. The van der Waals surface area contributed by atoms with Crippen LogP contribution in [0.15, 0.2) is 30.5 Å². The zero-order valence-electron chi connectivity index (χ0n) is 10.5. The third-order valence-electron chi connectivity index (χ3n) is 3.15. The van der Waals surface area contributed by atoms with Crippen molar-refractivity contribution in [3.8, 4) is 0 Å². The lowest BCUT2D eigenvalue weighted by Gasteiger charge is -2.18. The van der Waals surface area contributed by atoms with Gasteiger partial charge in [0.25, 0.3) is 0 Å². The van der Waals surface area contributed by atoms with Crippen LogP contribution in [-0.2, 0) is 13.5 Å². The first-order valence-corrected chi connectivity index (χ1v) is 6.19. The zero-order chi connectivity index (χ0) is 13.1. The van der Waals surface area contributed by atoms with Crippen molar-refractivity contribution in [3.05, 3.63) is 52.3 Å². The minimum Gasteiger partial charge on any atom is -0.271 e. The summed E-state index contributed by atoms with van der Waals surface area (Å²) in [6, 6.07) is 8.20. The largest absolute Gasteiger partial charge is 0.271 e. The summed E-state index contributed by atoms with van der Waals surface area (Å²) in [5.74, 6) is 5.65. The van der Waals surface area contributed by atoms with Crippen molar-refractivity contribution in [2.75, 3.05) is 0 Å². The van der Waals surface area contributed by atoms with Gasteiger partial charge in [0.05, 0.1) is 23.0 Å². The SMILES string of the molecule is Cc1ccccc1CC(NN)c1c(Cl)cnn1C. The van der Waals surface area contributed by atoms with Crippen LogP contribution in [0.5, 0.6) is 0 Å². The third kappa shape index (κ3) is 2.56. The highest BCUT2D eigenvalue weighted by Crippen LogP contribution is 2.25. The van der Waals surface area contributed by atoms with E-state index in [9.17, 15) is 0 Å². The molecule has 1 atom stereocenters. The normalized spacial score (nSPS) is 12.7. The molecule has 0 aliphatic heterocycles. The number of aryl methyl sites for hydroxylation is 2. The first-order valence-electron chi connectivity index (χ1n) is 5.81. The van der Waals surface area contributed by atoms with Crippen molar-refractivity contribution in [1.29, 1.82) is 0 Å². The molecule has 1 aromatic carbocycles. The fraction of sp³-hybridized carbons (Fsp3) is 0.308. The first-order chi connectivity index (χ1) is 8.63. The van der Waals surface area contributed by atoms with Gasteiger partial charge in [-0.15, -0.1) is 0 Å². The van der Waals surface area contributed by atoms with Crippen molar-refractivity contribution < 1.29 is 0 Å². The van der Waals surface area contributed by atoms with Crippen molar-refractivity contribution in [2.45, 2.75) is 19.4 Å². The van der Waals surface area contributed by atoms with E-state index in [1.54, 1.807) is 10.9 Å². The molecule has 0 fully saturated rings. The van der Waals surface area contributed by atoms with Gasteiger partial charge in [-0.1, -0.05) is 35.9 Å². The number of hydrazine groups is 1. The van der Waals surface area contributed by atoms with Crippen LogP contribution in [0, 0.1) is 6.92 Å². The van der Waals surface area contributed by atoms with Crippen molar-refractivity contribution in [2.24, 2.45) is 12.9 Å². The average Bonchev–Trinajstić information content (AvgIpc) is 2.69. The lowest BCUT2D eigenvalue weighted by atomic mass is 9.99. The van der Waals surface area contributed by atoms with Crippen LogP contribution in [0.3, 0.4) is 0 Å². The van der Waals surface area contributed by atoms with E-state index < -0.39 is 0 Å². The lowest BCUT2D eigenvalue weighted by Crippen LogP contribution is -2.31. The second-order valence-electron chi connectivity index (χ2n) is 4.35. The lowest BCUT2D eigenvalue weighted by molar-refractivity contribution is 0.508. The van der Waals surface area contributed by atoms with Crippen LogP contribution >= 0.6 is 11.6 Å².